The van der Waals surface area contributed by atoms with Crippen LogP contribution in [0.3, 0.4) is 0 Å². The Morgan fingerprint density at radius 1 is 1.36 bits per heavy atom. The summed E-state index contributed by atoms with van der Waals surface area (Å²) in [6.07, 6.45) is 0. The Labute approximate surface area is 134 Å². The standard InChI is InChI=1S/C15H22N4O2S/c1-12-16-17-15(21-12)11-18(2)10-13(14-4-3-9-22-14)19-5-7-20-8-6-19/h3-4,9,13H,5-8,10-11H2,1-2H3. The molecular weight excluding hydrogens is 300 g/mol. The van der Waals surface area contributed by atoms with Crippen molar-refractivity contribution < 1.29 is 9.15 Å². The number of thiophene rings is 1. The Bertz CT molecular complexity index is 566. The number of aromatic nitrogens is 2. The molecule has 3 heterocycles. The first-order chi connectivity index (χ1) is 10.7. The molecule has 3 rings (SSSR count). The Kier molecular flexibility index (Phi) is 5.20. The van der Waals surface area contributed by atoms with E-state index < -0.39 is 0 Å². The van der Waals surface area contributed by atoms with Crippen molar-refractivity contribution >= 4 is 11.3 Å². The molecule has 1 saturated heterocycles. The van der Waals surface area contributed by atoms with E-state index >= 15 is 0 Å². The van der Waals surface area contributed by atoms with Gasteiger partial charge in [-0.2, -0.15) is 0 Å². The molecule has 0 bridgehead atoms. The molecule has 0 amide bonds. The van der Waals surface area contributed by atoms with Crippen LogP contribution in [0, 0.1) is 6.92 Å². The number of hydrogen-bond acceptors (Lipinski definition) is 7. The van der Waals surface area contributed by atoms with Gasteiger partial charge in [0, 0.05) is 31.4 Å². The predicted octanol–water partition coefficient (Wildman–Crippen LogP) is 1.94. The Balaban J connectivity index is 1.66. The predicted molar refractivity (Wildman–Crippen MR) is 84.8 cm³/mol. The third kappa shape index (κ3) is 3.92. The molecule has 2 aromatic heterocycles. The van der Waals surface area contributed by atoms with Gasteiger partial charge < -0.3 is 9.15 Å². The maximum Gasteiger partial charge on any atom is 0.230 e. The first kappa shape index (κ1) is 15.6. The van der Waals surface area contributed by atoms with Crippen LogP contribution >= 0.6 is 11.3 Å². The van der Waals surface area contributed by atoms with Gasteiger partial charge in [-0.05, 0) is 18.5 Å². The van der Waals surface area contributed by atoms with E-state index in [9.17, 15) is 0 Å². The summed E-state index contributed by atoms with van der Waals surface area (Å²) < 4.78 is 11.0. The first-order valence-electron chi connectivity index (χ1n) is 7.55. The molecule has 22 heavy (non-hydrogen) atoms. The molecule has 0 saturated carbocycles. The molecule has 0 radical (unpaired) electrons. The highest BCUT2D eigenvalue weighted by atomic mass is 32.1. The molecule has 6 nitrogen and oxygen atoms in total. The quantitative estimate of drug-likeness (QED) is 0.810. The van der Waals surface area contributed by atoms with E-state index in [0.29, 0.717) is 24.4 Å². The van der Waals surface area contributed by atoms with Crippen molar-refractivity contribution in [3.8, 4) is 0 Å². The van der Waals surface area contributed by atoms with Gasteiger partial charge in [-0.3, -0.25) is 9.80 Å². The van der Waals surface area contributed by atoms with E-state index in [1.165, 1.54) is 4.88 Å². The van der Waals surface area contributed by atoms with E-state index in [0.717, 1.165) is 32.8 Å². The van der Waals surface area contributed by atoms with Gasteiger partial charge in [0.05, 0.1) is 25.8 Å². The van der Waals surface area contributed by atoms with Crippen LogP contribution in [0.2, 0.25) is 0 Å². The fourth-order valence-corrected chi connectivity index (χ4v) is 3.60. The zero-order valence-electron chi connectivity index (χ0n) is 13.1. The SMILES string of the molecule is Cc1nnc(CN(C)CC(c2cccs2)N2CCOCC2)o1. The summed E-state index contributed by atoms with van der Waals surface area (Å²) in [4.78, 5) is 6.15. The van der Waals surface area contributed by atoms with Crippen molar-refractivity contribution in [3.05, 3.63) is 34.2 Å². The smallest absolute Gasteiger partial charge is 0.230 e. The van der Waals surface area contributed by atoms with Crippen LogP contribution in [-0.2, 0) is 11.3 Å². The number of morpholine rings is 1. The monoisotopic (exact) mass is 322 g/mol. The highest BCUT2D eigenvalue weighted by molar-refractivity contribution is 7.10. The van der Waals surface area contributed by atoms with Crippen LogP contribution in [-0.4, -0.2) is 59.9 Å². The van der Waals surface area contributed by atoms with Gasteiger partial charge in [0.15, 0.2) is 0 Å². The van der Waals surface area contributed by atoms with Crippen LogP contribution in [0.4, 0.5) is 0 Å². The maximum atomic E-state index is 5.49. The lowest BCUT2D eigenvalue weighted by molar-refractivity contribution is 0.00917. The topological polar surface area (TPSA) is 54.6 Å². The minimum Gasteiger partial charge on any atom is -0.424 e. The van der Waals surface area contributed by atoms with Gasteiger partial charge in [0.1, 0.15) is 0 Å². The molecule has 7 heteroatoms. The zero-order valence-corrected chi connectivity index (χ0v) is 13.9. The first-order valence-corrected chi connectivity index (χ1v) is 8.43. The molecule has 1 aliphatic heterocycles. The summed E-state index contributed by atoms with van der Waals surface area (Å²) >= 11 is 1.82. The van der Waals surface area contributed by atoms with Crippen LogP contribution in [0.1, 0.15) is 22.7 Å². The van der Waals surface area contributed by atoms with E-state index in [1.54, 1.807) is 0 Å². The van der Waals surface area contributed by atoms with E-state index in [4.69, 9.17) is 9.15 Å². The number of likely N-dealkylation sites (N-methyl/N-ethyl adjacent to an activating group) is 1. The highest BCUT2D eigenvalue weighted by Crippen LogP contribution is 2.27. The van der Waals surface area contributed by atoms with Gasteiger partial charge >= 0.3 is 0 Å². The molecular formula is C15H22N4O2S. The fraction of sp³-hybridized carbons (Fsp3) is 0.600. The van der Waals surface area contributed by atoms with Gasteiger partial charge in [-0.1, -0.05) is 6.07 Å². The lowest BCUT2D eigenvalue weighted by atomic mass is 10.1. The van der Waals surface area contributed by atoms with Crippen LogP contribution in [0.25, 0.3) is 0 Å². The second-order valence-corrected chi connectivity index (χ2v) is 6.57. The third-order valence-electron chi connectivity index (χ3n) is 3.82. The Morgan fingerprint density at radius 2 is 2.18 bits per heavy atom. The molecule has 1 aliphatic rings. The normalized spacial score (nSPS) is 18.0. The molecule has 0 aromatic carbocycles. The van der Waals surface area contributed by atoms with Crippen molar-refractivity contribution in [3.63, 3.8) is 0 Å². The van der Waals surface area contributed by atoms with E-state index in [-0.39, 0.29) is 0 Å². The summed E-state index contributed by atoms with van der Waals surface area (Å²) in [5.41, 5.74) is 0. The van der Waals surface area contributed by atoms with Crippen molar-refractivity contribution in [2.24, 2.45) is 0 Å². The summed E-state index contributed by atoms with van der Waals surface area (Å²) in [5, 5.41) is 10.1. The van der Waals surface area contributed by atoms with Crippen molar-refractivity contribution in [2.45, 2.75) is 19.5 Å². The van der Waals surface area contributed by atoms with E-state index in [2.05, 4.69) is 44.6 Å². The number of nitrogens with zero attached hydrogens (tertiary/aromatic N) is 4. The van der Waals surface area contributed by atoms with Crippen molar-refractivity contribution in [1.29, 1.82) is 0 Å². The minimum atomic E-state index is 0.387. The largest absolute Gasteiger partial charge is 0.424 e. The molecule has 0 aliphatic carbocycles. The lowest BCUT2D eigenvalue weighted by Gasteiger charge is -2.35. The molecule has 2 aromatic rings. The number of ether oxygens (including phenoxy) is 1. The van der Waals surface area contributed by atoms with Gasteiger partial charge in [0.2, 0.25) is 11.8 Å². The molecule has 1 unspecified atom stereocenters. The second kappa shape index (κ2) is 7.32. The summed E-state index contributed by atoms with van der Waals surface area (Å²) in [5.74, 6) is 1.29. The number of aryl methyl sites for hydroxylation is 1. The van der Waals surface area contributed by atoms with Gasteiger partial charge in [-0.15, -0.1) is 21.5 Å². The zero-order chi connectivity index (χ0) is 15.4. The third-order valence-corrected chi connectivity index (χ3v) is 4.79. The highest BCUT2D eigenvalue weighted by Gasteiger charge is 2.25. The number of hydrogen-bond donors (Lipinski definition) is 0. The van der Waals surface area contributed by atoms with Gasteiger partial charge in [-0.25, -0.2) is 0 Å². The minimum absolute atomic E-state index is 0.387. The molecule has 0 N–H and O–H groups in total. The molecule has 0 spiro atoms. The second-order valence-electron chi connectivity index (χ2n) is 5.59. The fourth-order valence-electron chi connectivity index (χ4n) is 2.75. The van der Waals surface area contributed by atoms with E-state index in [1.807, 2.05) is 18.3 Å². The number of rotatable bonds is 6. The van der Waals surface area contributed by atoms with Gasteiger partial charge in [0.25, 0.3) is 0 Å². The average molecular weight is 322 g/mol. The van der Waals surface area contributed by atoms with Crippen molar-refractivity contribution in [2.75, 3.05) is 39.9 Å². The molecule has 1 atom stereocenters. The van der Waals surface area contributed by atoms with Crippen LogP contribution in [0.15, 0.2) is 21.9 Å². The molecule has 120 valence electrons. The average Bonchev–Trinajstić information content (AvgIpc) is 3.18. The van der Waals surface area contributed by atoms with Crippen LogP contribution in [0.5, 0.6) is 0 Å². The Hall–Kier alpha value is -1.28. The lowest BCUT2D eigenvalue weighted by Crippen LogP contribution is -2.42. The van der Waals surface area contributed by atoms with Crippen molar-refractivity contribution in [1.82, 2.24) is 20.0 Å². The Morgan fingerprint density at radius 3 is 2.82 bits per heavy atom. The summed E-state index contributed by atoms with van der Waals surface area (Å²) in [6, 6.07) is 4.72. The maximum absolute atomic E-state index is 5.49. The molecule has 1 fully saturated rings. The summed E-state index contributed by atoms with van der Waals surface area (Å²) in [6.45, 7) is 7.02. The summed E-state index contributed by atoms with van der Waals surface area (Å²) in [7, 11) is 2.10. The van der Waals surface area contributed by atoms with Crippen LogP contribution < -0.4 is 0 Å².